The highest BCUT2D eigenvalue weighted by Crippen LogP contribution is 2.33. The highest BCUT2D eigenvalue weighted by molar-refractivity contribution is 9.11. The third kappa shape index (κ3) is 3.34. The number of nitrogens with one attached hydrogen (secondary N) is 1. The molecule has 0 aliphatic carbocycles. The number of nitrogens with zero attached hydrogens (tertiary/aromatic N) is 2. The zero-order valence-electron chi connectivity index (χ0n) is 11.2. The number of aromatic nitrogens is 2. The van der Waals surface area contributed by atoms with E-state index < -0.39 is 16.0 Å². The molecule has 0 spiro atoms. The lowest BCUT2D eigenvalue weighted by Crippen LogP contribution is -2.26. The highest BCUT2D eigenvalue weighted by atomic mass is 79.9. The maximum atomic E-state index is 12.5. The Morgan fingerprint density at radius 2 is 2.29 bits per heavy atom. The van der Waals surface area contributed by atoms with Gasteiger partial charge in [0.15, 0.2) is 0 Å². The zero-order chi connectivity index (χ0) is 15.6. The molecule has 0 aromatic carbocycles. The molecule has 0 atom stereocenters. The average Bonchev–Trinajstić information content (AvgIpc) is 3.07. The molecular formula is C11H12BrN3O4S2. The number of H-pyrrole nitrogens is 1. The number of sulfonamides is 1. The summed E-state index contributed by atoms with van der Waals surface area (Å²) in [6.07, 6.45) is 3.17. The Bertz CT molecular complexity index is 740. The van der Waals surface area contributed by atoms with Crippen LogP contribution < -0.4 is 0 Å². The molecule has 2 aromatic rings. The smallest absolute Gasteiger partial charge is 0.348 e. The van der Waals surface area contributed by atoms with Gasteiger partial charge in [0.1, 0.15) is 9.77 Å². The molecule has 2 aromatic heterocycles. The van der Waals surface area contributed by atoms with Crippen molar-refractivity contribution in [1.29, 1.82) is 0 Å². The van der Waals surface area contributed by atoms with Crippen LogP contribution in [0.4, 0.5) is 0 Å². The van der Waals surface area contributed by atoms with Gasteiger partial charge in [-0.2, -0.15) is 9.40 Å². The molecule has 0 unspecified atom stereocenters. The normalized spacial score (nSPS) is 11.8. The fourth-order valence-electron chi connectivity index (χ4n) is 1.60. The molecule has 0 saturated heterocycles. The number of carbonyl (C=O) groups is 1. The number of ether oxygens (including phenoxy) is 1. The zero-order valence-corrected chi connectivity index (χ0v) is 14.4. The quantitative estimate of drug-likeness (QED) is 0.782. The topological polar surface area (TPSA) is 92.4 Å². The van der Waals surface area contributed by atoms with Gasteiger partial charge < -0.3 is 4.74 Å². The van der Waals surface area contributed by atoms with Crippen LogP contribution >= 0.6 is 27.3 Å². The Balaban J connectivity index is 2.30. The van der Waals surface area contributed by atoms with E-state index in [0.29, 0.717) is 3.79 Å². The Labute approximate surface area is 134 Å². The van der Waals surface area contributed by atoms with Gasteiger partial charge in [-0.25, -0.2) is 13.2 Å². The van der Waals surface area contributed by atoms with Crippen molar-refractivity contribution in [2.45, 2.75) is 11.4 Å². The van der Waals surface area contributed by atoms with E-state index >= 15 is 0 Å². The van der Waals surface area contributed by atoms with Crippen molar-refractivity contribution in [2.24, 2.45) is 0 Å². The van der Waals surface area contributed by atoms with E-state index in [9.17, 15) is 13.2 Å². The lowest BCUT2D eigenvalue weighted by Gasteiger charge is -2.15. The fraction of sp³-hybridized carbons (Fsp3) is 0.273. The van der Waals surface area contributed by atoms with Crippen molar-refractivity contribution in [1.82, 2.24) is 14.5 Å². The van der Waals surface area contributed by atoms with Crippen LogP contribution in [0, 0.1) is 0 Å². The van der Waals surface area contributed by atoms with Gasteiger partial charge in [0.2, 0.25) is 10.0 Å². The predicted molar refractivity (Wildman–Crippen MR) is 80.6 cm³/mol. The monoisotopic (exact) mass is 393 g/mol. The van der Waals surface area contributed by atoms with E-state index in [1.54, 1.807) is 12.4 Å². The maximum Gasteiger partial charge on any atom is 0.348 e. The standard InChI is InChI=1S/C11H12BrN3O4S2/c1-15(6-7-4-13-14-5-7)21(17,18)9-3-8(11(16)19-2)20-10(9)12/h3-5H,6H2,1-2H3,(H,13,14). The van der Waals surface area contributed by atoms with E-state index in [4.69, 9.17) is 0 Å². The molecule has 0 bridgehead atoms. The first-order chi connectivity index (χ1) is 9.86. The molecule has 1 N–H and O–H groups in total. The maximum absolute atomic E-state index is 12.5. The second-order valence-corrected chi connectivity index (χ2v) is 8.49. The second-order valence-electron chi connectivity index (χ2n) is 4.11. The van der Waals surface area contributed by atoms with Gasteiger partial charge in [-0.05, 0) is 22.0 Å². The number of thiophene rings is 1. The van der Waals surface area contributed by atoms with Crippen molar-refractivity contribution in [3.05, 3.63) is 32.7 Å². The number of esters is 1. The van der Waals surface area contributed by atoms with E-state index in [2.05, 4.69) is 30.9 Å². The van der Waals surface area contributed by atoms with Crippen LogP contribution in [-0.2, 0) is 21.3 Å². The summed E-state index contributed by atoms with van der Waals surface area (Å²) < 4.78 is 31.2. The summed E-state index contributed by atoms with van der Waals surface area (Å²) >= 11 is 4.20. The van der Waals surface area contributed by atoms with Crippen LogP contribution in [0.5, 0.6) is 0 Å². The number of hydrogen-bond acceptors (Lipinski definition) is 6. The second kappa shape index (κ2) is 6.26. The van der Waals surface area contributed by atoms with Crippen molar-refractivity contribution >= 4 is 43.3 Å². The van der Waals surface area contributed by atoms with Crippen LogP contribution in [0.25, 0.3) is 0 Å². The molecule has 7 nitrogen and oxygen atoms in total. The van der Waals surface area contributed by atoms with Gasteiger partial charge in [-0.15, -0.1) is 11.3 Å². The van der Waals surface area contributed by atoms with Crippen LogP contribution in [-0.4, -0.2) is 43.0 Å². The summed E-state index contributed by atoms with van der Waals surface area (Å²) in [4.78, 5) is 11.7. The summed E-state index contributed by atoms with van der Waals surface area (Å²) in [5, 5.41) is 6.40. The number of carbonyl (C=O) groups excluding carboxylic acids is 1. The van der Waals surface area contributed by atoms with Crippen molar-refractivity contribution in [2.75, 3.05) is 14.2 Å². The summed E-state index contributed by atoms with van der Waals surface area (Å²) in [6.45, 7) is 0.175. The van der Waals surface area contributed by atoms with Gasteiger partial charge in [-0.1, -0.05) is 0 Å². The minimum absolute atomic E-state index is 0.0406. The number of rotatable bonds is 5. The van der Waals surface area contributed by atoms with Gasteiger partial charge in [-0.3, -0.25) is 5.10 Å². The first-order valence-electron chi connectivity index (χ1n) is 5.68. The van der Waals surface area contributed by atoms with Crippen LogP contribution in [0.2, 0.25) is 0 Å². The molecule has 0 aliphatic rings. The van der Waals surface area contributed by atoms with Gasteiger partial charge >= 0.3 is 5.97 Å². The predicted octanol–water partition coefficient (Wildman–Crippen LogP) is 1.84. The fourth-order valence-corrected chi connectivity index (χ4v) is 5.19. The molecular weight excluding hydrogens is 382 g/mol. The van der Waals surface area contributed by atoms with Crippen molar-refractivity contribution in [3.8, 4) is 0 Å². The lowest BCUT2D eigenvalue weighted by molar-refractivity contribution is 0.0606. The number of aromatic amines is 1. The largest absolute Gasteiger partial charge is 0.465 e. The molecule has 2 rings (SSSR count). The minimum Gasteiger partial charge on any atom is -0.465 e. The Morgan fingerprint density at radius 3 is 2.86 bits per heavy atom. The van der Waals surface area contributed by atoms with E-state index in [0.717, 1.165) is 16.9 Å². The van der Waals surface area contributed by atoms with Crippen LogP contribution in [0.1, 0.15) is 15.2 Å². The van der Waals surface area contributed by atoms with E-state index in [1.165, 1.54) is 24.5 Å². The third-order valence-electron chi connectivity index (χ3n) is 2.69. The number of methoxy groups -OCH3 is 1. The highest BCUT2D eigenvalue weighted by Gasteiger charge is 2.27. The SMILES string of the molecule is COC(=O)c1cc(S(=O)(=O)N(C)Cc2cn[nH]c2)c(Br)s1. The molecule has 0 aliphatic heterocycles. The van der Waals surface area contributed by atoms with E-state index in [-0.39, 0.29) is 16.3 Å². The summed E-state index contributed by atoms with van der Waals surface area (Å²) in [5.41, 5.74) is 0.737. The molecule has 0 radical (unpaired) electrons. The average molecular weight is 394 g/mol. The molecule has 2 heterocycles. The molecule has 0 amide bonds. The molecule has 0 saturated carbocycles. The molecule has 21 heavy (non-hydrogen) atoms. The number of halogens is 1. The summed E-state index contributed by atoms with van der Waals surface area (Å²) in [5.74, 6) is -0.570. The minimum atomic E-state index is -3.72. The first-order valence-corrected chi connectivity index (χ1v) is 8.73. The summed E-state index contributed by atoms with van der Waals surface area (Å²) in [6, 6.07) is 1.31. The van der Waals surface area contributed by atoms with Gasteiger partial charge in [0, 0.05) is 25.4 Å². The van der Waals surface area contributed by atoms with Gasteiger partial charge in [0.05, 0.1) is 17.1 Å². The number of hydrogen-bond donors (Lipinski definition) is 1. The Morgan fingerprint density at radius 1 is 1.57 bits per heavy atom. The lowest BCUT2D eigenvalue weighted by atomic mass is 10.4. The summed E-state index contributed by atoms with van der Waals surface area (Å²) in [7, 11) is -1.01. The Hall–Kier alpha value is -1.23. The Kier molecular flexibility index (Phi) is 4.81. The first kappa shape index (κ1) is 16.1. The van der Waals surface area contributed by atoms with Crippen molar-refractivity contribution in [3.63, 3.8) is 0 Å². The van der Waals surface area contributed by atoms with E-state index in [1.807, 2.05) is 0 Å². The molecule has 10 heteroatoms. The van der Waals surface area contributed by atoms with Crippen molar-refractivity contribution < 1.29 is 17.9 Å². The van der Waals surface area contributed by atoms with Crippen LogP contribution in [0.15, 0.2) is 27.1 Å². The molecule has 114 valence electrons. The third-order valence-corrected chi connectivity index (χ3v) is 6.73. The molecule has 0 fully saturated rings. The van der Waals surface area contributed by atoms with Gasteiger partial charge in [0.25, 0.3) is 0 Å². The van der Waals surface area contributed by atoms with Crippen LogP contribution in [0.3, 0.4) is 0 Å².